The second-order valence-electron chi connectivity index (χ2n) is 6.51. The number of amides is 2. The summed E-state index contributed by atoms with van der Waals surface area (Å²) in [7, 11) is 1.53. The number of allylic oxidation sites excluding steroid dienone is 3. The lowest BCUT2D eigenvalue weighted by molar-refractivity contribution is 0.231. The Balaban J connectivity index is 2.43. The minimum Gasteiger partial charge on any atom is -0.496 e. The van der Waals surface area contributed by atoms with Gasteiger partial charge in [0.15, 0.2) is 0 Å². The molecule has 1 atom stereocenters. The highest BCUT2D eigenvalue weighted by molar-refractivity contribution is 9.10. The molecule has 1 heterocycles. The van der Waals surface area contributed by atoms with Gasteiger partial charge in [0.05, 0.1) is 29.7 Å². The van der Waals surface area contributed by atoms with Crippen LogP contribution in [0.25, 0.3) is 5.57 Å². The molecular formula is C22H19BrFN3O2S. The maximum absolute atomic E-state index is 15.1. The second kappa shape index (κ2) is 8.94. The lowest BCUT2D eigenvalue weighted by Crippen LogP contribution is -2.37. The van der Waals surface area contributed by atoms with E-state index in [2.05, 4.69) is 22.0 Å². The summed E-state index contributed by atoms with van der Waals surface area (Å²) >= 11 is 4.50. The number of para-hydroxylation sites is 1. The number of urea groups is 1. The Labute approximate surface area is 187 Å². The summed E-state index contributed by atoms with van der Waals surface area (Å²) in [5.74, 6) is -0.656. The molecule has 2 N–H and O–H groups in total. The molecule has 2 amide bonds. The number of carbonyl (C=O) groups is 1. The number of benzene rings is 2. The molecule has 0 spiro atoms. The summed E-state index contributed by atoms with van der Waals surface area (Å²) in [5.41, 5.74) is 8.00. The van der Waals surface area contributed by atoms with Gasteiger partial charge in [-0.3, -0.25) is 4.90 Å². The Hall–Kier alpha value is -2.76. The van der Waals surface area contributed by atoms with Crippen LogP contribution in [-0.4, -0.2) is 24.3 Å². The summed E-state index contributed by atoms with van der Waals surface area (Å²) in [5, 5.41) is 10.4. The summed E-state index contributed by atoms with van der Waals surface area (Å²) < 4.78 is 21.2. The van der Waals surface area contributed by atoms with Crippen LogP contribution in [0.5, 0.6) is 5.75 Å². The van der Waals surface area contributed by atoms with Crippen molar-refractivity contribution in [1.82, 2.24) is 4.90 Å². The highest BCUT2D eigenvalue weighted by Gasteiger charge is 2.39. The van der Waals surface area contributed by atoms with Crippen LogP contribution in [0, 0.1) is 17.1 Å². The van der Waals surface area contributed by atoms with Crippen LogP contribution in [0.4, 0.5) is 9.18 Å². The predicted octanol–water partition coefficient (Wildman–Crippen LogP) is 5.60. The molecular weight excluding hydrogens is 469 g/mol. The highest BCUT2D eigenvalue weighted by Crippen LogP contribution is 2.50. The molecule has 1 unspecified atom stereocenters. The zero-order chi connectivity index (χ0) is 22.0. The van der Waals surface area contributed by atoms with Crippen LogP contribution in [0.15, 0.2) is 63.2 Å². The van der Waals surface area contributed by atoms with Crippen molar-refractivity contribution in [3.63, 3.8) is 0 Å². The molecule has 0 bridgehead atoms. The van der Waals surface area contributed by atoms with Gasteiger partial charge in [0.25, 0.3) is 0 Å². The number of nitriles is 1. The SMILES string of the molecule is COc1ccccc1C1=C(C)N(C(N)=O)C(SC)=C(C#N)C1c1ccc(Br)cc1F. The fourth-order valence-electron chi connectivity index (χ4n) is 3.71. The molecule has 0 aliphatic carbocycles. The number of hydrogen-bond acceptors (Lipinski definition) is 4. The lowest BCUT2D eigenvalue weighted by atomic mass is 9.78. The van der Waals surface area contributed by atoms with Gasteiger partial charge in [-0.1, -0.05) is 40.2 Å². The molecule has 3 rings (SSSR count). The zero-order valence-corrected chi connectivity index (χ0v) is 19.0. The van der Waals surface area contributed by atoms with Crippen molar-refractivity contribution in [2.45, 2.75) is 12.8 Å². The van der Waals surface area contributed by atoms with Crippen molar-refractivity contribution in [3.05, 3.63) is 80.2 Å². The average molecular weight is 488 g/mol. The number of halogens is 2. The first kappa shape index (κ1) is 21.9. The molecule has 30 heavy (non-hydrogen) atoms. The van der Waals surface area contributed by atoms with E-state index in [0.29, 0.717) is 37.6 Å². The monoisotopic (exact) mass is 487 g/mol. The number of carbonyl (C=O) groups excluding carboxylic acids is 1. The zero-order valence-electron chi connectivity index (χ0n) is 16.6. The Kier molecular flexibility index (Phi) is 6.54. The predicted molar refractivity (Wildman–Crippen MR) is 120 cm³/mol. The third-order valence-electron chi connectivity index (χ3n) is 4.94. The highest BCUT2D eigenvalue weighted by atomic mass is 79.9. The third-order valence-corrected chi connectivity index (χ3v) is 6.22. The van der Waals surface area contributed by atoms with Crippen LogP contribution in [0.1, 0.15) is 24.0 Å². The molecule has 2 aromatic rings. The van der Waals surface area contributed by atoms with E-state index in [1.54, 1.807) is 31.4 Å². The van der Waals surface area contributed by atoms with Crippen molar-refractivity contribution in [1.29, 1.82) is 5.26 Å². The van der Waals surface area contributed by atoms with Crippen molar-refractivity contribution in [2.75, 3.05) is 13.4 Å². The average Bonchev–Trinajstić information content (AvgIpc) is 2.72. The minimum atomic E-state index is -0.738. The molecule has 8 heteroatoms. The van der Waals surface area contributed by atoms with Gasteiger partial charge in [-0.2, -0.15) is 5.26 Å². The quantitative estimate of drug-likeness (QED) is 0.608. The molecule has 154 valence electrons. The first-order valence-electron chi connectivity index (χ1n) is 8.92. The number of thioether (sulfide) groups is 1. The molecule has 0 fully saturated rings. The molecule has 0 saturated heterocycles. The van der Waals surface area contributed by atoms with Gasteiger partial charge < -0.3 is 10.5 Å². The Morgan fingerprint density at radius 3 is 2.60 bits per heavy atom. The summed E-state index contributed by atoms with van der Waals surface area (Å²) in [4.78, 5) is 13.6. The van der Waals surface area contributed by atoms with E-state index in [1.165, 1.54) is 29.8 Å². The van der Waals surface area contributed by atoms with E-state index in [4.69, 9.17) is 10.5 Å². The van der Waals surface area contributed by atoms with Crippen molar-refractivity contribution >= 4 is 39.3 Å². The molecule has 0 radical (unpaired) electrons. The second-order valence-corrected chi connectivity index (χ2v) is 8.22. The van der Waals surface area contributed by atoms with Gasteiger partial charge in [0, 0.05) is 21.3 Å². The molecule has 5 nitrogen and oxygen atoms in total. The number of nitrogens with zero attached hydrogens (tertiary/aromatic N) is 2. The maximum Gasteiger partial charge on any atom is 0.324 e. The van der Waals surface area contributed by atoms with Gasteiger partial charge in [-0.25, -0.2) is 9.18 Å². The fourth-order valence-corrected chi connectivity index (χ4v) is 4.84. The number of nitrogens with two attached hydrogens (primary N) is 1. The van der Waals surface area contributed by atoms with Gasteiger partial charge in [0.1, 0.15) is 11.6 Å². The van der Waals surface area contributed by atoms with Crippen molar-refractivity contribution < 1.29 is 13.9 Å². The summed E-state index contributed by atoms with van der Waals surface area (Å²) in [6, 6.07) is 13.4. The van der Waals surface area contributed by atoms with Crippen molar-refractivity contribution in [3.8, 4) is 11.8 Å². The molecule has 1 aliphatic heterocycles. The van der Waals surface area contributed by atoms with E-state index in [0.717, 1.165) is 0 Å². The fraction of sp³-hybridized carbons (Fsp3) is 0.182. The summed E-state index contributed by atoms with van der Waals surface area (Å²) in [6.07, 6.45) is 1.75. The van der Waals surface area contributed by atoms with Crippen LogP contribution >= 0.6 is 27.7 Å². The normalized spacial score (nSPS) is 16.5. The van der Waals surface area contributed by atoms with Crippen LogP contribution in [0.2, 0.25) is 0 Å². The van der Waals surface area contributed by atoms with Gasteiger partial charge in [-0.15, -0.1) is 11.8 Å². The number of rotatable bonds is 4. The number of hydrogen-bond donors (Lipinski definition) is 1. The minimum absolute atomic E-state index is 0.244. The van der Waals surface area contributed by atoms with E-state index < -0.39 is 17.8 Å². The number of ether oxygens (including phenoxy) is 1. The standard InChI is InChI=1S/C22H19BrFN3O2S/c1-12-19(15-6-4-5-7-18(15)29-2)20(14-9-8-13(23)10-17(14)24)16(11-25)21(30-3)27(12)22(26)28/h4-10,20H,1-3H3,(H2,26,28). The van der Waals surface area contributed by atoms with Gasteiger partial charge in [0.2, 0.25) is 0 Å². The van der Waals surface area contributed by atoms with E-state index in [9.17, 15) is 10.1 Å². The largest absolute Gasteiger partial charge is 0.496 e. The van der Waals surface area contributed by atoms with E-state index >= 15 is 4.39 Å². The maximum atomic E-state index is 15.1. The van der Waals surface area contributed by atoms with Crippen LogP contribution in [0.3, 0.4) is 0 Å². The third kappa shape index (κ3) is 3.71. The molecule has 1 aliphatic rings. The first-order chi connectivity index (χ1) is 14.3. The lowest BCUT2D eigenvalue weighted by Gasteiger charge is -2.36. The smallest absolute Gasteiger partial charge is 0.324 e. The Bertz CT molecular complexity index is 1120. The first-order valence-corrected chi connectivity index (χ1v) is 10.9. The van der Waals surface area contributed by atoms with E-state index in [-0.39, 0.29) is 5.57 Å². The number of primary amides is 1. The Morgan fingerprint density at radius 2 is 2.03 bits per heavy atom. The van der Waals surface area contributed by atoms with E-state index in [1.807, 2.05) is 18.2 Å². The summed E-state index contributed by atoms with van der Waals surface area (Å²) in [6.45, 7) is 1.74. The van der Waals surface area contributed by atoms with Gasteiger partial charge >= 0.3 is 6.03 Å². The van der Waals surface area contributed by atoms with Crippen LogP contribution < -0.4 is 10.5 Å². The van der Waals surface area contributed by atoms with Crippen LogP contribution in [-0.2, 0) is 0 Å². The number of methoxy groups -OCH3 is 1. The molecule has 0 saturated carbocycles. The Morgan fingerprint density at radius 1 is 1.33 bits per heavy atom. The molecule has 0 aromatic heterocycles. The van der Waals surface area contributed by atoms with Crippen molar-refractivity contribution in [2.24, 2.45) is 5.73 Å². The topological polar surface area (TPSA) is 79.3 Å². The molecule has 2 aromatic carbocycles. The van der Waals surface area contributed by atoms with Gasteiger partial charge in [-0.05, 0) is 37.0 Å².